The van der Waals surface area contributed by atoms with Crippen molar-refractivity contribution >= 4 is 17.5 Å². The van der Waals surface area contributed by atoms with Crippen LogP contribution < -0.4 is 14.8 Å². The summed E-state index contributed by atoms with van der Waals surface area (Å²) < 4.78 is 36.2. The van der Waals surface area contributed by atoms with E-state index >= 15 is 0 Å². The first-order valence-electron chi connectivity index (χ1n) is 9.82. The summed E-state index contributed by atoms with van der Waals surface area (Å²) in [5.41, 5.74) is 1.30. The van der Waals surface area contributed by atoms with E-state index < -0.39 is 6.43 Å². The average Bonchev–Trinajstić information content (AvgIpc) is 2.74. The third kappa shape index (κ3) is 6.06. The Labute approximate surface area is 179 Å². The van der Waals surface area contributed by atoms with E-state index in [0.29, 0.717) is 48.0 Å². The molecular weight excluding hydrogens is 414 g/mol. The second kappa shape index (κ2) is 10.6. The first-order valence-corrected chi connectivity index (χ1v) is 10.2. The zero-order valence-electron chi connectivity index (χ0n) is 16.7. The average molecular weight is 439 g/mol. The highest BCUT2D eigenvalue weighted by Crippen LogP contribution is 2.30. The van der Waals surface area contributed by atoms with E-state index in [1.807, 2.05) is 18.2 Å². The molecule has 0 saturated carbocycles. The first-order chi connectivity index (χ1) is 14.5. The third-order valence-electron chi connectivity index (χ3n) is 5.09. The topological polar surface area (TPSA) is 50.8 Å². The van der Waals surface area contributed by atoms with Gasteiger partial charge in [0.25, 0.3) is 12.3 Å². The van der Waals surface area contributed by atoms with Gasteiger partial charge in [-0.05, 0) is 37.1 Å². The molecule has 0 bridgehead atoms. The molecule has 30 heavy (non-hydrogen) atoms. The van der Waals surface area contributed by atoms with Crippen LogP contribution in [0.3, 0.4) is 0 Å². The Morgan fingerprint density at radius 1 is 1.20 bits per heavy atom. The van der Waals surface area contributed by atoms with E-state index in [2.05, 4.69) is 5.32 Å². The fourth-order valence-corrected chi connectivity index (χ4v) is 3.61. The minimum atomic E-state index is -2.33. The lowest BCUT2D eigenvalue weighted by Gasteiger charge is -2.32. The monoisotopic (exact) mass is 438 g/mol. The van der Waals surface area contributed by atoms with Gasteiger partial charge in [-0.25, -0.2) is 8.78 Å². The predicted molar refractivity (Wildman–Crippen MR) is 112 cm³/mol. The van der Waals surface area contributed by atoms with Gasteiger partial charge in [0, 0.05) is 35.3 Å². The standard InChI is InChI=1S/C22H25ClF2N2O3/c1-29-20-12-15(6-7-19(20)30-14-16-4-2-3-5-18(16)23)22(28)26-17-8-10-27(11-9-17)13-21(24)25/h2-7,12,17,21H,8-11,13-14H2,1H3,(H,26,28). The fourth-order valence-electron chi connectivity index (χ4n) is 3.42. The van der Waals surface area contributed by atoms with Crippen LogP contribution >= 0.6 is 11.6 Å². The molecule has 1 heterocycles. The molecule has 0 radical (unpaired) electrons. The van der Waals surface area contributed by atoms with E-state index in [1.54, 1.807) is 29.2 Å². The van der Waals surface area contributed by atoms with Crippen molar-refractivity contribution in [2.75, 3.05) is 26.7 Å². The number of carbonyl (C=O) groups excluding carboxylic acids is 1. The third-order valence-corrected chi connectivity index (χ3v) is 5.45. The Morgan fingerprint density at radius 3 is 2.60 bits per heavy atom. The van der Waals surface area contributed by atoms with Crippen molar-refractivity contribution < 1.29 is 23.0 Å². The smallest absolute Gasteiger partial charge is 0.251 e. The van der Waals surface area contributed by atoms with Gasteiger partial charge < -0.3 is 14.8 Å². The normalized spacial score (nSPS) is 15.2. The molecule has 1 aliphatic rings. The van der Waals surface area contributed by atoms with Crippen LogP contribution in [0, 0.1) is 0 Å². The zero-order valence-corrected chi connectivity index (χ0v) is 17.5. The summed E-state index contributed by atoms with van der Waals surface area (Å²) >= 11 is 6.15. The number of rotatable bonds is 8. The Balaban J connectivity index is 1.57. The summed E-state index contributed by atoms with van der Waals surface area (Å²) in [6.45, 7) is 1.16. The highest BCUT2D eigenvalue weighted by Gasteiger charge is 2.23. The van der Waals surface area contributed by atoms with Crippen molar-refractivity contribution in [1.82, 2.24) is 10.2 Å². The van der Waals surface area contributed by atoms with Gasteiger partial charge in [0.1, 0.15) is 6.61 Å². The SMILES string of the molecule is COc1cc(C(=O)NC2CCN(CC(F)F)CC2)ccc1OCc1ccccc1Cl. The second-order valence-electron chi connectivity index (χ2n) is 7.19. The lowest BCUT2D eigenvalue weighted by atomic mass is 10.0. The highest BCUT2D eigenvalue weighted by molar-refractivity contribution is 6.31. The molecule has 0 unspecified atom stereocenters. The fraction of sp³-hybridized carbons (Fsp3) is 0.409. The van der Waals surface area contributed by atoms with Crippen LogP contribution in [0.15, 0.2) is 42.5 Å². The molecule has 0 spiro atoms. The highest BCUT2D eigenvalue weighted by atomic mass is 35.5. The van der Waals surface area contributed by atoms with E-state index in [9.17, 15) is 13.6 Å². The minimum absolute atomic E-state index is 0.0337. The molecule has 2 aromatic carbocycles. The molecule has 1 saturated heterocycles. The Hall–Kier alpha value is -2.38. The largest absolute Gasteiger partial charge is 0.493 e. The molecule has 2 aromatic rings. The van der Waals surface area contributed by atoms with Crippen molar-refractivity contribution in [3.05, 3.63) is 58.6 Å². The van der Waals surface area contributed by atoms with Gasteiger partial charge in [0.2, 0.25) is 0 Å². The lowest BCUT2D eigenvalue weighted by molar-refractivity contribution is 0.0696. The predicted octanol–water partition coefficient (Wildman–Crippen LogP) is 4.39. The number of piperidine rings is 1. The Bertz CT molecular complexity index is 858. The van der Waals surface area contributed by atoms with E-state index in [-0.39, 0.29) is 25.1 Å². The van der Waals surface area contributed by atoms with Gasteiger partial charge in [-0.3, -0.25) is 9.69 Å². The van der Waals surface area contributed by atoms with Crippen molar-refractivity contribution in [3.8, 4) is 11.5 Å². The lowest BCUT2D eigenvalue weighted by Crippen LogP contribution is -2.45. The van der Waals surface area contributed by atoms with Gasteiger partial charge in [0.05, 0.1) is 13.7 Å². The number of nitrogens with zero attached hydrogens (tertiary/aromatic N) is 1. The molecule has 1 fully saturated rings. The van der Waals surface area contributed by atoms with Crippen molar-refractivity contribution in [1.29, 1.82) is 0 Å². The van der Waals surface area contributed by atoms with Gasteiger partial charge in [-0.15, -0.1) is 0 Å². The van der Waals surface area contributed by atoms with Crippen LogP contribution in [0.4, 0.5) is 8.78 Å². The first kappa shape index (κ1) is 22.3. The number of carbonyl (C=O) groups is 1. The molecule has 5 nitrogen and oxygen atoms in total. The molecular formula is C22H25ClF2N2O3. The molecule has 3 rings (SSSR count). The number of hydrogen-bond donors (Lipinski definition) is 1. The maximum absolute atomic E-state index is 12.6. The van der Waals surface area contributed by atoms with Crippen LogP contribution in [-0.2, 0) is 6.61 Å². The number of nitrogens with one attached hydrogen (secondary N) is 1. The van der Waals surface area contributed by atoms with Gasteiger partial charge in [-0.2, -0.15) is 0 Å². The van der Waals surface area contributed by atoms with Crippen LogP contribution in [-0.4, -0.2) is 50.0 Å². The van der Waals surface area contributed by atoms with E-state index in [1.165, 1.54) is 7.11 Å². The van der Waals surface area contributed by atoms with Crippen molar-refractivity contribution in [2.45, 2.75) is 31.9 Å². The Morgan fingerprint density at radius 2 is 1.93 bits per heavy atom. The second-order valence-corrected chi connectivity index (χ2v) is 7.59. The summed E-state index contributed by atoms with van der Waals surface area (Å²) in [5, 5.41) is 3.60. The maximum atomic E-state index is 12.6. The van der Waals surface area contributed by atoms with Crippen molar-refractivity contribution in [3.63, 3.8) is 0 Å². The molecule has 1 aliphatic heterocycles. The number of halogens is 3. The molecule has 8 heteroatoms. The zero-order chi connectivity index (χ0) is 21.5. The Kier molecular flexibility index (Phi) is 7.87. The van der Waals surface area contributed by atoms with Crippen LogP contribution in [0.25, 0.3) is 0 Å². The number of methoxy groups -OCH3 is 1. The quantitative estimate of drug-likeness (QED) is 0.664. The number of hydrogen-bond acceptors (Lipinski definition) is 4. The van der Waals surface area contributed by atoms with Gasteiger partial charge >= 0.3 is 0 Å². The van der Waals surface area contributed by atoms with Crippen molar-refractivity contribution in [2.24, 2.45) is 0 Å². The molecule has 0 atom stereocenters. The summed E-state index contributed by atoms with van der Waals surface area (Å²) in [6.07, 6.45) is -1.04. The molecule has 162 valence electrons. The minimum Gasteiger partial charge on any atom is -0.493 e. The number of benzene rings is 2. The van der Waals surface area contributed by atoms with E-state index in [4.69, 9.17) is 21.1 Å². The summed E-state index contributed by atoms with van der Waals surface area (Å²) in [7, 11) is 1.51. The van der Waals surface area contributed by atoms with E-state index in [0.717, 1.165) is 5.56 Å². The molecule has 0 aliphatic carbocycles. The van der Waals surface area contributed by atoms with Crippen LogP contribution in [0.1, 0.15) is 28.8 Å². The number of amides is 1. The molecule has 0 aromatic heterocycles. The summed E-state index contributed by atoms with van der Waals surface area (Å²) in [6, 6.07) is 12.4. The van der Waals surface area contributed by atoms with Gasteiger partial charge in [-0.1, -0.05) is 29.8 Å². The summed E-state index contributed by atoms with van der Waals surface area (Å²) in [4.78, 5) is 14.3. The van der Waals surface area contributed by atoms with Gasteiger partial charge in [0.15, 0.2) is 11.5 Å². The number of alkyl halides is 2. The van der Waals surface area contributed by atoms with Crippen LogP contribution in [0.2, 0.25) is 5.02 Å². The maximum Gasteiger partial charge on any atom is 0.251 e. The number of ether oxygens (including phenoxy) is 2. The summed E-state index contributed by atoms with van der Waals surface area (Å²) in [5.74, 6) is 0.731. The van der Waals surface area contributed by atoms with Crippen LogP contribution in [0.5, 0.6) is 11.5 Å². The molecule has 1 N–H and O–H groups in total. The molecule has 1 amide bonds. The number of likely N-dealkylation sites (tertiary alicyclic amines) is 1.